The molecule has 1 aromatic rings. The van der Waals surface area contributed by atoms with Gasteiger partial charge in [0.15, 0.2) is 5.78 Å². The summed E-state index contributed by atoms with van der Waals surface area (Å²) >= 11 is 0. The molecule has 0 radical (unpaired) electrons. The van der Waals surface area contributed by atoms with E-state index in [4.69, 9.17) is 10.3 Å². The Bertz CT molecular complexity index is 591. The lowest BCUT2D eigenvalue weighted by Gasteiger charge is -2.20. The summed E-state index contributed by atoms with van der Waals surface area (Å²) in [7, 11) is 0. The molecular formula is C13H13N3O3. The van der Waals surface area contributed by atoms with E-state index in [9.17, 15) is 9.59 Å². The Balaban J connectivity index is 2.47. The molecule has 1 unspecified atom stereocenters. The average Bonchev–Trinajstić information content (AvgIpc) is 2.64. The molecule has 1 atom stereocenters. The van der Waals surface area contributed by atoms with Crippen LogP contribution in [0.25, 0.3) is 10.4 Å². The second-order valence-electron chi connectivity index (χ2n) is 4.67. The number of rotatable bonds is 3. The minimum atomic E-state index is -1.79. The third-order valence-electron chi connectivity index (χ3n) is 2.98. The summed E-state index contributed by atoms with van der Waals surface area (Å²) in [4.78, 5) is 27.2. The van der Waals surface area contributed by atoms with Crippen LogP contribution in [0.15, 0.2) is 29.4 Å². The van der Waals surface area contributed by atoms with Crippen LogP contribution < -0.4 is 0 Å². The van der Waals surface area contributed by atoms with Gasteiger partial charge in [0, 0.05) is 16.9 Å². The summed E-state index contributed by atoms with van der Waals surface area (Å²) in [5.74, 6) is -1.28. The second kappa shape index (κ2) is 4.74. The van der Waals surface area contributed by atoms with E-state index in [1.54, 1.807) is 38.1 Å². The van der Waals surface area contributed by atoms with Crippen molar-refractivity contribution in [3.63, 3.8) is 0 Å². The molecule has 0 saturated heterocycles. The Morgan fingerprint density at radius 3 is 2.74 bits per heavy atom. The van der Waals surface area contributed by atoms with Gasteiger partial charge in [-0.3, -0.25) is 9.59 Å². The Hall–Kier alpha value is -2.33. The minimum absolute atomic E-state index is 0.0532. The molecule has 2 rings (SSSR count). The van der Waals surface area contributed by atoms with Crippen LogP contribution in [0.2, 0.25) is 0 Å². The first-order valence-corrected chi connectivity index (χ1v) is 5.91. The van der Waals surface area contributed by atoms with Crippen LogP contribution in [0.5, 0.6) is 0 Å². The van der Waals surface area contributed by atoms with Crippen LogP contribution in [0.4, 0.5) is 0 Å². The van der Waals surface area contributed by atoms with Gasteiger partial charge >= 0.3 is 5.97 Å². The maximum absolute atomic E-state index is 12.4. The number of ether oxygens (including phenoxy) is 1. The highest BCUT2D eigenvalue weighted by Gasteiger charge is 2.52. The number of carbonyl (C=O) groups excluding carboxylic acids is 2. The molecule has 1 aliphatic rings. The second-order valence-corrected chi connectivity index (χ2v) is 4.67. The van der Waals surface area contributed by atoms with E-state index in [2.05, 4.69) is 10.0 Å². The van der Waals surface area contributed by atoms with Gasteiger partial charge in [-0.1, -0.05) is 29.4 Å². The first-order valence-electron chi connectivity index (χ1n) is 5.91. The van der Waals surface area contributed by atoms with Crippen LogP contribution in [0.1, 0.15) is 29.8 Å². The number of azide groups is 1. The molecule has 0 aliphatic heterocycles. The quantitative estimate of drug-likeness (QED) is 0.274. The molecule has 0 aromatic heterocycles. The molecule has 0 heterocycles. The number of hydrogen-bond donors (Lipinski definition) is 0. The van der Waals surface area contributed by atoms with E-state index in [1.165, 1.54) is 0 Å². The molecule has 1 aromatic carbocycles. The summed E-state index contributed by atoms with van der Waals surface area (Å²) in [6, 6.07) is 6.84. The van der Waals surface area contributed by atoms with E-state index >= 15 is 0 Å². The summed E-state index contributed by atoms with van der Waals surface area (Å²) in [5.41, 5.74) is 7.99. The molecule has 0 amide bonds. The van der Waals surface area contributed by atoms with Crippen molar-refractivity contribution in [3.8, 4) is 0 Å². The molecule has 19 heavy (non-hydrogen) atoms. The molecular weight excluding hydrogens is 246 g/mol. The zero-order chi connectivity index (χ0) is 14.0. The number of fused-ring (bicyclic) bond motifs is 1. The zero-order valence-electron chi connectivity index (χ0n) is 10.7. The zero-order valence-corrected chi connectivity index (χ0v) is 10.7. The predicted octanol–water partition coefficient (Wildman–Crippen LogP) is 2.43. The topological polar surface area (TPSA) is 92.1 Å². The van der Waals surface area contributed by atoms with Gasteiger partial charge in [0.05, 0.1) is 6.10 Å². The van der Waals surface area contributed by atoms with Crippen LogP contribution >= 0.6 is 0 Å². The van der Waals surface area contributed by atoms with E-state index in [0.29, 0.717) is 11.1 Å². The molecule has 6 nitrogen and oxygen atoms in total. The Morgan fingerprint density at radius 2 is 2.16 bits per heavy atom. The van der Waals surface area contributed by atoms with Gasteiger partial charge in [-0.25, -0.2) is 0 Å². The van der Waals surface area contributed by atoms with E-state index < -0.39 is 17.3 Å². The average molecular weight is 259 g/mol. The van der Waals surface area contributed by atoms with Gasteiger partial charge in [-0.2, -0.15) is 0 Å². The first kappa shape index (κ1) is 13.1. The number of carbonyl (C=O) groups is 2. The number of benzene rings is 1. The van der Waals surface area contributed by atoms with Gasteiger partial charge in [0.1, 0.15) is 0 Å². The molecule has 1 aliphatic carbocycles. The van der Waals surface area contributed by atoms with Crippen molar-refractivity contribution >= 4 is 11.8 Å². The normalized spacial score (nSPS) is 20.9. The lowest BCUT2D eigenvalue weighted by molar-refractivity contribution is -0.151. The van der Waals surface area contributed by atoms with Gasteiger partial charge < -0.3 is 4.74 Å². The molecule has 98 valence electrons. The minimum Gasteiger partial charge on any atom is -0.462 e. The largest absolute Gasteiger partial charge is 0.462 e. The maximum Gasteiger partial charge on any atom is 0.326 e. The fourth-order valence-corrected chi connectivity index (χ4v) is 2.15. The molecule has 0 fully saturated rings. The highest BCUT2D eigenvalue weighted by Crippen LogP contribution is 2.34. The van der Waals surface area contributed by atoms with Crippen LogP contribution in [0, 0.1) is 0 Å². The maximum atomic E-state index is 12.4. The van der Waals surface area contributed by atoms with Crippen molar-refractivity contribution in [3.05, 3.63) is 45.8 Å². The van der Waals surface area contributed by atoms with Crippen LogP contribution in [-0.4, -0.2) is 23.4 Å². The highest BCUT2D eigenvalue weighted by atomic mass is 16.5. The SMILES string of the molecule is CC(C)OC(=O)C1(N=[N+]=[N-])Cc2ccccc2C1=O. The summed E-state index contributed by atoms with van der Waals surface area (Å²) in [5, 5.41) is 3.46. The number of nitrogens with zero attached hydrogens (tertiary/aromatic N) is 3. The van der Waals surface area contributed by atoms with Crippen molar-refractivity contribution in [2.45, 2.75) is 31.9 Å². The molecule has 0 bridgehead atoms. The standard InChI is InChI=1S/C13H13N3O3/c1-8(2)19-12(18)13(15-16-14)7-9-5-3-4-6-10(9)11(13)17/h3-6,8H,7H2,1-2H3. The molecule has 0 saturated carbocycles. The number of hydrogen-bond acceptors (Lipinski definition) is 4. The third-order valence-corrected chi connectivity index (χ3v) is 2.98. The smallest absolute Gasteiger partial charge is 0.326 e. The van der Waals surface area contributed by atoms with Gasteiger partial charge in [-0.05, 0) is 24.9 Å². The van der Waals surface area contributed by atoms with Gasteiger partial charge in [-0.15, -0.1) is 0 Å². The summed E-state index contributed by atoms with van der Waals surface area (Å²) < 4.78 is 5.07. The van der Waals surface area contributed by atoms with Crippen LogP contribution in [-0.2, 0) is 16.0 Å². The predicted molar refractivity (Wildman–Crippen MR) is 67.6 cm³/mol. The third kappa shape index (κ3) is 2.06. The molecule has 6 heteroatoms. The monoisotopic (exact) mass is 259 g/mol. The molecule has 0 N–H and O–H groups in total. The Labute approximate surface area is 110 Å². The number of ketones is 1. The number of Topliss-reactive ketones (excluding diaryl/α,β-unsaturated/α-hetero) is 1. The molecule has 0 spiro atoms. The van der Waals surface area contributed by atoms with Crippen molar-refractivity contribution in [2.75, 3.05) is 0 Å². The lowest BCUT2D eigenvalue weighted by atomic mass is 9.96. The summed E-state index contributed by atoms with van der Waals surface area (Å²) in [6.45, 7) is 3.35. The van der Waals surface area contributed by atoms with Gasteiger partial charge in [0.2, 0.25) is 5.54 Å². The summed E-state index contributed by atoms with van der Waals surface area (Å²) in [6.07, 6.45) is -0.327. The first-order chi connectivity index (χ1) is 9.01. The van der Waals surface area contributed by atoms with Gasteiger partial charge in [0.25, 0.3) is 0 Å². The van der Waals surface area contributed by atoms with Crippen molar-refractivity contribution in [2.24, 2.45) is 5.11 Å². The van der Waals surface area contributed by atoms with E-state index in [1.807, 2.05) is 0 Å². The number of esters is 1. The van der Waals surface area contributed by atoms with E-state index in [-0.39, 0.29) is 12.5 Å². The van der Waals surface area contributed by atoms with Crippen molar-refractivity contribution in [1.29, 1.82) is 0 Å². The van der Waals surface area contributed by atoms with Crippen molar-refractivity contribution < 1.29 is 14.3 Å². The highest BCUT2D eigenvalue weighted by molar-refractivity contribution is 6.20. The Kier molecular flexibility index (Phi) is 3.27. The Morgan fingerprint density at radius 1 is 1.47 bits per heavy atom. The van der Waals surface area contributed by atoms with Crippen LogP contribution in [0.3, 0.4) is 0 Å². The fourth-order valence-electron chi connectivity index (χ4n) is 2.15. The fraction of sp³-hybridized carbons (Fsp3) is 0.385. The lowest BCUT2D eigenvalue weighted by Crippen LogP contribution is -2.44. The van der Waals surface area contributed by atoms with E-state index in [0.717, 1.165) is 0 Å². The van der Waals surface area contributed by atoms with Crippen molar-refractivity contribution in [1.82, 2.24) is 0 Å².